The van der Waals surface area contributed by atoms with Gasteiger partial charge in [0.25, 0.3) is 0 Å². The van der Waals surface area contributed by atoms with E-state index in [0.717, 1.165) is 12.8 Å². The van der Waals surface area contributed by atoms with Crippen LogP contribution in [0.15, 0.2) is 0 Å². The predicted octanol–water partition coefficient (Wildman–Crippen LogP) is 0.120. The second-order valence-electron chi connectivity index (χ2n) is 3.05. The molecule has 0 saturated heterocycles. The molecular weight excluding hydrogens is 140 g/mol. The van der Waals surface area contributed by atoms with Crippen molar-refractivity contribution in [3.8, 4) is 0 Å². The molecule has 11 heavy (non-hydrogen) atoms. The molecule has 3 nitrogen and oxygen atoms in total. The van der Waals surface area contributed by atoms with Crippen LogP contribution in [0.4, 0.5) is 0 Å². The summed E-state index contributed by atoms with van der Waals surface area (Å²) in [5.41, 5.74) is 0. The van der Waals surface area contributed by atoms with E-state index in [-0.39, 0.29) is 11.8 Å². The molecule has 0 bridgehead atoms. The van der Waals surface area contributed by atoms with Gasteiger partial charge in [-0.15, -0.1) is 0 Å². The Morgan fingerprint density at radius 2 is 2.09 bits per heavy atom. The second kappa shape index (κ2) is 3.72. The Hall–Kier alpha value is -0.570. The fourth-order valence-corrected chi connectivity index (χ4v) is 1.80. The third-order valence-electron chi connectivity index (χ3n) is 2.47. The third-order valence-corrected chi connectivity index (χ3v) is 2.47. The summed E-state index contributed by atoms with van der Waals surface area (Å²) in [5, 5.41) is 5.86. The van der Waals surface area contributed by atoms with E-state index in [1.165, 1.54) is 6.42 Å². The van der Waals surface area contributed by atoms with Gasteiger partial charge in [-0.1, -0.05) is 6.42 Å². The molecule has 1 fully saturated rings. The largest absolute Gasteiger partial charge is 0.359 e. The molecule has 2 N–H and O–H groups in total. The summed E-state index contributed by atoms with van der Waals surface area (Å²) in [4.78, 5) is 11.2. The van der Waals surface area contributed by atoms with Gasteiger partial charge in [-0.25, -0.2) is 0 Å². The third kappa shape index (κ3) is 1.71. The molecule has 0 heterocycles. The van der Waals surface area contributed by atoms with Crippen molar-refractivity contribution in [2.24, 2.45) is 5.92 Å². The van der Waals surface area contributed by atoms with Crippen molar-refractivity contribution in [3.63, 3.8) is 0 Å². The number of rotatable bonds is 2. The molecule has 3 heteroatoms. The zero-order valence-electron chi connectivity index (χ0n) is 7.18. The van der Waals surface area contributed by atoms with E-state index < -0.39 is 0 Å². The highest BCUT2D eigenvalue weighted by Crippen LogP contribution is 2.25. The van der Waals surface area contributed by atoms with Gasteiger partial charge in [-0.05, 0) is 19.9 Å². The molecule has 1 saturated carbocycles. The average molecular weight is 156 g/mol. The van der Waals surface area contributed by atoms with Crippen LogP contribution in [0.2, 0.25) is 0 Å². The summed E-state index contributed by atoms with van der Waals surface area (Å²) in [6.45, 7) is 0. The maximum Gasteiger partial charge on any atom is 0.224 e. The first-order chi connectivity index (χ1) is 5.29. The molecule has 1 aliphatic carbocycles. The monoisotopic (exact) mass is 156 g/mol. The van der Waals surface area contributed by atoms with Gasteiger partial charge < -0.3 is 10.6 Å². The molecule has 0 aromatic rings. The highest BCUT2D eigenvalue weighted by molar-refractivity contribution is 5.79. The summed E-state index contributed by atoms with van der Waals surface area (Å²) >= 11 is 0. The van der Waals surface area contributed by atoms with Gasteiger partial charge in [0.2, 0.25) is 5.91 Å². The van der Waals surface area contributed by atoms with Crippen molar-refractivity contribution in [3.05, 3.63) is 0 Å². The van der Waals surface area contributed by atoms with Crippen molar-refractivity contribution in [2.45, 2.75) is 25.3 Å². The van der Waals surface area contributed by atoms with Crippen LogP contribution in [-0.2, 0) is 4.79 Å². The first kappa shape index (κ1) is 8.53. The molecule has 0 spiro atoms. The average Bonchev–Trinajstić information content (AvgIpc) is 2.50. The first-order valence-corrected chi connectivity index (χ1v) is 4.18. The summed E-state index contributed by atoms with van der Waals surface area (Å²) in [7, 11) is 3.62. The van der Waals surface area contributed by atoms with E-state index in [2.05, 4.69) is 10.6 Å². The molecule has 1 amide bonds. The highest BCUT2D eigenvalue weighted by Gasteiger charge is 2.30. The highest BCUT2D eigenvalue weighted by atomic mass is 16.1. The minimum absolute atomic E-state index is 0.182. The van der Waals surface area contributed by atoms with Gasteiger partial charge >= 0.3 is 0 Å². The number of carbonyl (C=O) groups excluding carboxylic acids is 1. The fourth-order valence-electron chi connectivity index (χ4n) is 1.80. The van der Waals surface area contributed by atoms with Gasteiger partial charge in [0.1, 0.15) is 0 Å². The number of hydrogen-bond acceptors (Lipinski definition) is 2. The molecule has 2 atom stereocenters. The van der Waals surface area contributed by atoms with Gasteiger partial charge in [0.05, 0.1) is 5.92 Å². The van der Waals surface area contributed by atoms with Crippen molar-refractivity contribution in [2.75, 3.05) is 14.1 Å². The Balaban J connectivity index is 2.49. The molecule has 64 valence electrons. The van der Waals surface area contributed by atoms with Crippen LogP contribution in [-0.4, -0.2) is 26.0 Å². The smallest absolute Gasteiger partial charge is 0.224 e. The number of amides is 1. The lowest BCUT2D eigenvalue weighted by Gasteiger charge is -2.16. The normalized spacial score (nSPS) is 30.4. The van der Waals surface area contributed by atoms with Crippen LogP contribution < -0.4 is 10.6 Å². The van der Waals surface area contributed by atoms with Crippen LogP contribution >= 0.6 is 0 Å². The van der Waals surface area contributed by atoms with Crippen molar-refractivity contribution in [1.29, 1.82) is 0 Å². The second-order valence-corrected chi connectivity index (χ2v) is 3.05. The predicted molar refractivity (Wildman–Crippen MR) is 44.3 cm³/mol. The molecule has 0 aromatic heterocycles. The molecule has 0 aliphatic heterocycles. The lowest BCUT2D eigenvalue weighted by atomic mass is 10.0. The zero-order valence-corrected chi connectivity index (χ0v) is 7.18. The molecule has 0 aromatic carbocycles. The minimum Gasteiger partial charge on any atom is -0.359 e. The summed E-state index contributed by atoms with van der Waals surface area (Å²) in [6, 6.07) is 0.398. The van der Waals surface area contributed by atoms with Crippen LogP contribution in [0, 0.1) is 5.92 Å². The Bertz CT molecular complexity index is 147. The van der Waals surface area contributed by atoms with Crippen LogP contribution in [0.3, 0.4) is 0 Å². The van der Waals surface area contributed by atoms with E-state index in [0.29, 0.717) is 6.04 Å². The Morgan fingerprint density at radius 1 is 1.36 bits per heavy atom. The van der Waals surface area contributed by atoms with Gasteiger partial charge in [0.15, 0.2) is 0 Å². The standard InChI is InChI=1S/C8H16N2O/c1-9-7-5-3-4-6(7)8(11)10-2/h6-7,9H,3-5H2,1-2H3,(H,10,11)/t6-,7-/m0/s1. The molecule has 1 rings (SSSR count). The molecule has 0 radical (unpaired) electrons. The van der Waals surface area contributed by atoms with Crippen LogP contribution in [0.1, 0.15) is 19.3 Å². The van der Waals surface area contributed by atoms with Crippen molar-refractivity contribution in [1.82, 2.24) is 10.6 Å². The van der Waals surface area contributed by atoms with E-state index >= 15 is 0 Å². The summed E-state index contributed by atoms with van der Waals surface area (Å²) in [6.07, 6.45) is 3.34. The summed E-state index contributed by atoms with van der Waals surface area (Å²) < 4.78 is 0. The van der Waals surface area contributed by atoms with Crippen molar-refractivity contribution >= 4 is 5.91 Å². The quantitative estimate of drug-likeness (QED) is 0.596. The van der Waals surface area contributed by atoms with E-state index in [1.54, 1.807) is 7.05 Å². The minimum atomic E-state index is 0.182. The van der Waals surface area contributed by atoms with Gasteiger partial charge in [-0.3, -0.25) is 4.79 Å². The fraction of sp³-hybridized carbons (Fsp3) is 0.875. The Morgan fingerprint density at radius 3 is 2.64 bits per heavy atom. The molecule has 1 aliphatic rings. The number of carbonyl (C=O) groups is 1. The molecule has 0 unspecified atom stereocenters. The Labute approximate surface area is 67.5 Å². The SMILES string of the molecule is CNC(=O)[C@H]1CCC[C@@H]1NC. The maximum atomic E-state index is 11.2. The van der Waals surface area contributed by atoms with E-state index in [9.17, 15) is 4.79 Å². The lowest BCUT2D eigenvalue weighted by Crippen LogP contribution is -2.38. The van der Waals surface area contributed by atoms with Crippen LogP contribution in [0.25, 0.3) is 0 Å². The van der Waals surface area contributed by atoms with Crippen molar-refractivity contribution < 1.29 is 4.79 Å². The Kier molecular flexibility index (Phi) is 2.88. The maximum absolute atomic E-state index is 11.2. The number of nitrogens with one attached hydrogen (secondary N) is 2. The summed E-state index contributed by atoms with van der Waals surface area (Å²) in [5.74, 6) is 0.381. The van der Waals surface area contributed by atoms with E-state index in [4.69, 9.17) is 0 Å². The first-order valence-electron chi connectivity index (χ1n) is 4.18. The topological polar surface area (TPSA) is 41.1 Å². The number of hydrogen-bond donors (Lipinski definition) is 2. The lowest BCUT2D eigenvalue weighted by molar-refractivity contribution is -0.124. The van der Waals surface area contributed by atoms with Gasteiger partial charge in [0, 0.05) is 13.1 Å². The molecular formula is C8H16N2O. The van der Waals surface area contributed by atoms with Crippen LogP contribution in [0.5, 0.6) is 0 Å². The van der Waals surface area contributed by atoms with Gasteiger partial charge in [-0.2, -0.15) is 0 Å². The van der Waals surface area contributed by atoms with E-state index in [1.807, 2.05) is 7.05 Å². The zero-order chi connectivity index (χ0) is 8.27.